The van der Waals surface area contributed by atoms with Crippen molar-refractivity contribution in [3.8, 4) is 0 Å². The lowest BCUT2D eigenvalue weighted by Gasteiger charge is -2.37. The van der Waals surface area contributed by atoms with E-state index in [0.29, 0.717) is 13.0 Å². The second-order valence-corrected chi connectivity index (χ2v) is 4.49. The standard InChI is InChI=1S/C13H19N3O/c14-9-11(8-13(15)17)16-7-3-5-10-4-1-2-6-12(10)16/h1-2,4,6,11H,3,5,7-9,14H2,(H2,15,17). The van der Waals surface area contributed by atoms with Gasteiger partial charge in [0.25, 0.3) is 0 Å². The number of aryl methyl sites for hydroxylation is 1. The molecule has 0 saturated carbocycles. The highest BCUT2D eigenvalue weighted by atomic mass is 16.1. The SMILES string of the molecule is NCC(CC(N)=O)N1CCCc2ccccc21. The summed E-state index contributed by atoms with van der Waals surface area (Å²) >= 11 is 0. The first kappa shape index (κ1) is 11.9. The largest absolute Gasteiger partial charge is 0.370 e. The zero-order valence-corrected chi connectivity index (χ0v) is 9.93. The molecule has 17 heavy (non-hydrogen) atoms. The molecule has 1 aliphatic rings. The van der Waals surface area contributed by atoms with Gasteiger partial charge in [-0.25, -0.2) is 0 Å². The number of amides is 1. The highest BCUT2D eigenvalue weighted by molar-refractivity contribution is 5.75. The Hall–Kier alpha value is -1.55. The van der Waals surface area contributed by atoms with Crippen molar-refractivity contribution in [1.82, 2.24) is 0 Å². The zero-order valence-electron chi connectivity index (χ0n) is 9.93. The molecule has 0 radical (unpaired) electrons. The van der Waals surface area contributed by atoms with E-state index in [1.807, 2.05) is 12.1 Å². The van der Waals surface area contributed by atoms with E-state index in [-0.39, 0.29) is 11.9 Å². The van der Waals surface area contributed by atoms with Gasteiger partial charge in [-0.1, -0.05) is 18.2 Å². The molecule has 4 nitrogen and oxygen atoms in total. The fourth-order valence-corrected chi connectivity index (χ4v) is 2.49. The average Bonchev–Trinajstić information content (AvgIpc) is 2.35. The number of anilines is 1. The Bertz CT molecular complexity index is 405. The van der Waals surface area contributed by atoms with E-state index in [4.69, 9.17) is 11.5 Å². The van der Waals surface area contributed by atoms with Crippen LogP contribution in [0.5, 0.6) is 0 Å². The van der Waals surface area contributed by atoms with E-state index in [2.05, 4.69) is 17.0 Å². The molecule has 0 aromatic heterocycles. The van der Waals surface area contributed by atoms with Crippen LogP contribution in [0.2, 0.25) is 0 Å². The highest BCUT2D eigenvalue weighted by Crippen LogP contribution is 2.28. The third-order valence-corrected chi connectivity index (χ3v) is 3.30. The third-order valence-electron chi connectivity index (χ3n) is 3.30. The van der Waals surface area contributed by atoms with E-state index >= 15 is 0 Å². The van der Waals surface area contributed by atoms with Gasteiger partial charge in [0.2, 0.25) is 5.91 Å². The van der Waals surface area contributed by atoms with Crippen LogP contribution < -0.4 is 16.4 Å². The summed E-state index contributed by atoms with van der Waals surface area (Å²) < 4.78 is 0. The molecule has 1 heterocycles. The molecule has 4 N–H and O–H groups in total. The van der Waals surface area contributed by atoms with Crippen LogP contribution in [0.25, 0.3) is 0 Å². The predicted octanol–water partition coefficient (Wildman–Crippen LogP) is 0.642. The summed E-state index contributed by atoms with van der Waals surface area (Å²) in [6.45, 7) is 1.41. The summed E-state index contributed by atoms with van der Waals surface area (Å²) in [6, 6.07) is 8.33. The van der Waals surface area contributed by atoms with Crippen molar-refractivity contribution in [2.75, 3.05) is 18.0 Å². The Morgan fingerprint density at radius 2 is 2.18 bits per heavy atom. The molecular formula is C13H19N3O. The normalized spacial score (nSPS) is 16.4. The van der Waals surface area contributed by atoms with Crippen molar-refractivity contribution in [2.24, 2.45) is 11.5 Å². The fraction of sp³-hybridized carbons (Fsp3) is 0.462. The molecule has 1 amide bonds. The van der Waals surface area contributed by atoms with Gasteiger partial charge in [-0.2, -0.15) is 0 Å². The maximum absolute atomic E-state index is 11.1. The van der Waals surface area contributed by atoms with Gasteiger partial charge >= 0.3 is 0 Å². The van der Waals surface area contributed by atoms with Crippen molar-refractivity contribution >= 4 is 11.6 Å². The monoisotopic (exact) mass is 233 g/mol. The van der Waals surface area contributed by atoms with Gasteiger partial charge in [-0.15, -0.1) is 0 Å². The molecule has 4 heteroatoms. The molecule has 0 fully saturated rings. The number of nitrogens with two attached hydrogens (primary N) is 2. The number of carbonyl (C=O) groups is 1. The molecule has 0 saturated heterocycles. The molecule has 1 unspecified atom stereocenters. The lowest BCUT2D eigenvalue weighted by atomic mass is 9.99. The summed E-state index contributed by atoms with van der Waals surface area (Å²) in [6.07, 6.45) is 2.53. The van der Waals surface area contributed by atoms with Gasteiger partial charge in [-0.05, 0) is 24.5 Å². The summed E-state index contributed by atoms with van der Waals surface area (Å²) in [5.41, 5.74) is 13.6. The van der Waals surface area contributed by atoms with Gasteiger partial charge < -0.3 is 16.4 Å². The first-order chi connectivity index (χ1) is 8.22. The summed E-state index contributed by atoms with van der Waals surface area (Å²) in [5, 5.41) is 0. The van der Waals surface area contributed by atoms with E-state index in [0.717, 1.165) is 19.4 Å². The number of hydrogen-bond acceptors (Lipinski definition) is 3. The van der Waals surface area contributed by atoms with Gasteiger partial charge in [0.15, 0.2) is 0 Å². The van der Waals surface area contributed by atoms with Gasteiger partial charge in [0.05, 0.1) is 0 Å². The Kier molecular flexibility index (Phi) is 3.64. The molecule has 0 aliphatic carbocycles. The fourth-order valence-electron chi connectivity index (χ4n) is 2.49. The highest BCUT2D eigenvalue weighted by Gasteiger charge is 2.24. The van der Waals surface area contributed by atoms with Crippen LogP contribution in [0.15, 0.2) is 24.3 Å². The first-order valence-electron chi connectivity index (χ1n) is 6.05. The molecule has 92 valence electrons. The zero-order chi connectivity index (χ0) is 12.3. The minimum Gasteiger partial charge on any atom is -0.370 e. The number of fused-ring (bicyclic) bond motifs is 1. The number of hydrogen-bond donors (Lipinski definition) is 2. The molecule has 2 rings (SSSR count). The van der Waals surface area contributed by atoms with Crippen LogP contribution in [-0.4, -0.2) is 25.0 Å². The summed E-state index contributed by atoms with van der Waals surface area (Å²) in [7, 11) is 0. The van der Waals surface area contributed by atoms with Crippen LogP contribution in [0, 0.1) is 0 Å². The predicted molar refractivity (Wildman–Crippen MR) is 68.8 cm³/mol. The quantitative estimate of drug-likeness (QED) is 0.801. The molecule has 1 aliphatic heterocycles. The number of para-hydroxylation sites is 1. The molecule has 0 bridgehead atoms. The molecule has 0 spiro atoms. The minimum atomic E-state index is -0.288. The second-order valence-electron chi connectivity index (χ2n) is 4.49. The van der Waals surface area contributed by atoms with Crippen LogP contribution in [0.1, 0.15) is 18.4 Å². The van der Waals surface area contributed by atoms with Gasteiger partial charge in [-0.3, -0.25) is 4.79 Å². The van der Waals surface area contributed by atoms with Crippen LogP contribution in [-0.2, 0) is 11.2 Å². The van der Waals surface area contributed by atoms with Crippen molar-refractivity contribution in [3.63, 3.8) is 0 Å². The molecule has 1 aromatic carbocycles. The number of nitrogens with zero attached hydrogens (tertiary/aromatic N) is 1. The van der Waals surface area contributed by atoms with Crippen LogP contribution >= 0.6 is 0 Å². The molecule has 1 aromatic rings. The van der Waals surface area contributed by atoms with E-state index < -0.39 is 0 Å². The first-order valence-corrected chi connectivity index (χ1v) is 6.05. The number of primary amides is 1. The van der Waals surface area contributed by atoms with Gasteiger partial charge in [0, 0.05) is 31.2 Å². The number of carbonyl (C=O) groups excluding carboxylic acids is 1. The summed E-state index contributed by atoms with van der Waals surface area (Å²) in [5.74, 6) is -0.288. The molecular weight excluding hydrogens is 214 g/mol. The summed E-state index contributed by atoms with van der Waals surface area (Å²) in [4.78, 5) is 13.3. The van der Waals surface area contributed by atoms with Crippen molar-refractivity contribution in [3.05, 3.63) is 29.8 Å². The Balaban J connectivity index is 2.24. The average molecular weight is 233 g/mol. The van der Waals surface area contributed by atoms with Crippen LogP contribution in [0.4, 0.5) is 5.69 Å². The Morgan fingerprint density at radius 1 is 1.41 bits per heavy atom. The number of benzene rings is 1. The van der Waals surface area contributed by atoms with E-state index in [1.54, 1.807) is 0 Å². The lowest BCUT2D eigenvalue weighted by Crippen LogP contribution is -2.45. The van der Waals surface area contributed by atoms with Gasteiger partial charge in [0.1, 0.15) is 0 Å². The smallest absolute Gasteiger partial charge is 0.219 e. The second kappa shape index (κ2) is 5.19. The maximum Gasteiger partial charge on any atom is 0.219 e. The van der Waals surface area contributed by atoms with Crippen LogP contribution in [0.3, 0.4) is 0 Å². The lowest BCUT2D eigenvalue weighted by molar-refractivity contribution is -0.118. The van der Waals surface area contributed by atoms with Crippen molar-refractivity contribution < 1.29 is 4.79 Å². The van der Waals surface area contributed by atoms with Crippen molar-refractivity contribution in [2.45, 2.75) is 25.3 Å². The van der Waals surface area contributed by atoms with E-state index in [9.17, 15) is 4.79 Å². The minimum absolute atomic E-state index is 0.0222. The Morgan fingerprint density at radius 3 is 2.88 bits per heavy atom. The Labute approximate surface area is 102 Å². The van der Waals surface area contributed by atoms with E-state index in [1.165, 1.54) is 11.3 Å². The maximum atomic E-state index is 11.1. The topological polar surface area (TPSA) is 72.3 Å². The number of rotatable bonds is 4. The van der Waals surface area contributed by atoms with Crippen molar-refractivity contribution in [1.29, 1.82) is 0 Å². The molecule has 1 atom stereocenters. The third kappa shape index (κ3) is 2.58.